The SMILES string of the molecule is CCNC(=O)c1ccc(C)c(-c2cc3[nH]nc(-c4ccc(Cl)nc4)c3cc2F)c1. The lowest BCUT2D eigenvalue weighted by Gasteiger charge is -2.11. The first kappa shape index (κ1) is 19.1. The van der Waals surface area contributed by atoms with Crippen LogP contribution in [0.3, 0.4) is 0 Å². The Hall–Kier alpha value is -3.25. The summed E-state index contributed by atoms with van der Waals surface area (Å²) in [6.45, 7) is 4.27. The zero-order valence-corrected chi connectivity index (χ0v) is 16.6. The molecule has 0 saturated carbocycles. The molecule has 4 rings (SSSR count). The summed E-state index contributed by atoms with van der Waals surface area (Å²) in [6.07, 6.45) is 1.60. The molecule has 0 atom stereocenters. The van der Waals surface area contributed by atoms with Crippen molar-refractivity contribution in [3.8, 4) is 22.4 Å². The third kappa shape index (κ3) is 3.59. The van der Waals surface area contributed by atoms with Gasteiger partial charge in [-0.25, -0.2) is 9.37 Å². The van der Waals surface area contributed by atoms with Gasteiger partial charge in [-0.1, -0.05) is 17.7 Å². The Morgan fingerprint density at radius 1 is 1.17 bits per heavy atom. The van der Waals surface area contributed by atoms with E-state index in [0.29, 0.717) is 45.0 Å². The second-order valence-electron chi connectivity index (χ2n) is 6.71. The number of aromatic nitrogens is 3. The summed E-state index contributed by atoms with van der Waals surface area (Å²) in [5.41, 5.74) is 4.46. The quantitative estimate of drug-likeness (QED) is 0.459. The number of hydrogen-bond donors (Lipinski definition) is 2. The van der Waals surface area contributed by atoms with Crippen LogP contribution in [0.2, 0.25) is 5.15 Å². The minimum Gasteiger partial charge on any atom is -0.352 e. The highest BCUT2D eigenvalue weighted by atomic mass is 35.5. The van der Waals surface area contributed by atoms with Gasteiger partial charge in [-0.2, -0.15) is 5.10 Å². The van der Waals surface area contributed by atoms with Crippen LogP contribution in [0.1, 0.15) is 22.8 Å². The Morgan fingerprint density at radius 3 is 2.72 bits per heavy atom. The maximum atomic E-state index is 15.1. The summed E-state index contributed by atoms with van der Waals surface area (Å²) in [5.74, 6) is -0.576. The molecule has 1 amide bonds. The molecule has 0 radical (unpaired) electrons. The molecule has 0 unspecified atom stereocenters. The first-order valence-corrected chi connectivity index (χ1v) is 9.54. The minimum atomic E-state index is -0.391. The van der Waals surface area contributed by atoms with Crippen LogP contribution in [0.15, 0.2) is 48.7 Å². The Morgan fingerprint density at radius 2 is 2.00 bits per heavy atom. The number of benzene rings is 2. The van der Waals surface area contributed by atoms with Crippen molar-refractivity contribution < 1.29 is 9.18 Å². The third-order valence-corrected chi connectivity index (χ3v) is 5.00. The average molecular weight is 409 g/mol. The number of aromatic amines is 1. The number of nitrogens with zero attached hydrogens (tertiary/aromatic N) is 2. The van der Waals surface area contributed by atoms with Crippen LogP contribution < -0.4 is 5.32 Å². The standard InChI is InChI=1S/C22H18ClFN4O/c1-3-25-22(29)13-5-4-12(2)15(8-13)16-10-19-17(9-18(16)24)21(28-27-19)14-6-7-20(23)26-11-14/h4-11H,3H2,1-2H3,(H,25,29)(H,27,28). The fraction of sp³-hybridized carbons (Fsp3) is 0.136. The number of H-pyrrole nitrogens is 1. The molecular weight excluding hydrogens is 391 g/mol. The number of rotatable bonds is 4. The highest BCUT2D eigenvalue weighted by Gasteiger charge is 2.16. The topological polar surface area (TPSA) is 70.7 Å². The first-order valence-electron chi connectivity index (χ1n) is 9.16. The highest BCUT2D eigenvalue weighted by Crippen LogP contribution is 2.34. The van der Waals surface area contributed by atoms with Crippen molar-refractivity contribution in [1.29, 1.82) is 0 Å². The van der Waals surface area contributed by atoms with Crippen molar-refractivity contribution in [2.24, 2.45) is 0 Å². The monoisotopic (exact) mass is 408 g/mol. The fourth-order valence-electron chi connectivity index (χ4n) is 3.30. The Kier molecular flexibility index (Phi) is 5.03. The highest BCUT2D eigenvalue weighted by molar-refractivity contribution is 6.29. The van der Waals surface area contributed by atoms with Crippen LogP contribution in [0.25, 0.3) is 33.3 Å². The molecule has 2 heterocycles. The summed E-state index contributed by atoms with van der Waals surface area (Å²) in [4.78, 5) is 16.2. The van der Waals surface area contributed by atoms with Crippen LogP contribution >= 0.6 is 11.6 Å². The molecule has 0 spiro atoms. The Balaban J connectivity index is 1.82. The van der Waals surface area contributed by atoms with Crippen molar-refractivity contribution >= 4 is 28.4 Å². The number of carbonyl (C=O) groups is 1. The molecule has 0 fully saturated rings. The van der Waals surface area contributed by atoms with Gasteiger partial charge in [0.15, 0.2) is 0 Å². The van der Waals surface area contributed by atoms with Crippen molar-refractivity contribution in [3.63, 3.8) is 0 Å². The second kappa shape index (κ2) is 7.64. The van der Waals surface area contributed by atoms with E-state index in [1.807, 2.05) is 19.9 Å². The summed E-state index contributed by atoms with van der Waals surface area (Å²) < 4.78 is 15.1. The number of halogens is 2. The molecule has 29 heavy (non-hydrogen) atoms. The lowest BCUT2D eigenvalue weighted by atomic mass is 9.96. The van der Waals surface area contributed by atoms with Crippen molar-refractivity contribution in [2.45, 2.75) is 13.8 Å². The number of hydrogen-bond acceptors (Lipinski definition) is 3. The van der Waals surface area contributed by atoms with Gasteiger partial charge in [0.05, 0.1) is 5.52 Å². The van der Waals surface area contributed by atoms with Crippen LogP contribution in [-0.2, 0) is 0 Å². The molecule has 2 aromatic heterocycles. The fourth-order valence-corrected chi connectivity index (χ4v) is 3.41. The number of aryl methyl sites for hydroxylation is 1. The third-order valence-electron chi connectivity index (χ3n) is 4.78. The molecule has 2 aromatic carbocycles. The predicted molar refractivity (Wildman–Crippen MR) is 112 cm³/mol. The van der Waals surface area contributed by atoms with Crippen molar-refractivity contribution in [3.05, 3.63) is 70.8 Å². The molecule has 0 saturated heterocycles. The van der Waals surface area contributed by atoms with Gasteiger partial charge in [0, 0.05) is 34.8 Å². The zero-order valence-electron chi connectivity index (χ0n) is 15.9. The first-order chi connectivity index (χ1) is 14.0. The molecule has 2 N–H and O–H groups in total. The van der Waals surface area contributed by atoms with Gasteiger partial charge in [0.1, 0.15) is 16.7 Å². The second-order valence-corrected chi connectivity index (χ2v) is 7.10. The van der Waals surface area contributed by atoms with Crippen molar-refractivity contribution in [1.82, 2.24) is 20.5 Å². The minimum absolute atomic E-state index is 0.186. The lowest BCUT2D eigenvalue weighted by Crippen LogP contribution is -2.22. The maximum Gasteiger partial charge on any atom is 0.251 e. The van der Waals surface area contributed by atoms with Crippen molar-refractivity contribution in [2.75, 3.05) is 6.54 Å². The Labute approximate surface area is 171 Å². The molecule has 0 aliphatic carbocycles. The summed E-state index contributed by atoms with van der Waals surface area (Å²) in [6, 6.07) is 11.9. The zero-order chi connectivity index (χ0) is 20.5. The van der Waals surface area contributed by atoms with Crippen LogP contribution in [-0.4, -0.2) is 27.6 Å². The molecule has 0 aliphatic heterocycles. The van der Waals surface area contributed by atoms with Gasteiger partial charge >= 0.3 is 0 Å². The normalized spacial score (nSPS) is 11.0. The van der Waals surface area contributed by atoms with E-state index in [4.69, 9.17) is 11.6 Å². The number of carbonyl (C=O) groups excluding carboxylic acids is 1. The van der Waals surface area contributed by atoms with Gasteiger partial charge in [0.25, 0.3) is 5.91 Å². The van der Waals surface area contributed by atoms with E-state index in [-0.39, 0.29) is 5.91 Å². The summed E-state index contributed by atoms with van der Waals surface area (Å²) >= 11 is 5.85. The van der Waals surface area contributed by atoms with E-state index in [9.17, 15) is 4.79 Å². The molecule has 0 bridgehead atoms. The number of amides is 1. The number of nitrogens with one attached hydrogen (secondary N) is 2. The Bertz CT molecular complexity index is 1220. The smallest absolute Gasteiger partial charge is 0.251 e. The molecule has 0 aliphatic rings. The van der Waals surface area contributed by atoms with Crippen LogP contribution in [0.4, 0.5) is 4.39 Å². The van der Waals surface area contributed by atoms with E-state index in [2.05, 4.69) is 20.5 Å². The maximum absolute atomic E-state index is 15.1. The average Bonchev–Trinajstić information content (AvgIpc) is 3.11. The molecule has 146 valence electrons. The molecule has 5 nitrogen and oxygen atoms in total. The van der Waals surface area contributed by atoms with E-state index in [1.165, 1.54) is 6.07 Å². The van der Waals surface area contributed by atoms with Crippen LogP contribution in [0.5, 0.6) is 0 Å². The molecule has 4 aromatic rings. The largest absolute Gasteiger partial charge is 0.352 e. The van der Waals surface area contributed by atoms with Gasteiger partial charge < -0.3 is 5.32 Å². The molecular formula is C22H18ClFN4O. The van der Waals surface area contributed by atoms with Gasteiger partial charge in [-0.05, 0) is 61.4 Å². The van der Waals surface area contributed by atoms with E-state index in [1.54, 1.807) is 36.5 Å². The summed E-state index contributed by atoms with van der Waals surface area (Å²) in [5, 5.41) is 11.1. The summed E-state index contributed by atoms with van der Waals surface area (Å²) in [7, 11) is 0. The van der Waals surface area contributed by atoms with E-state index < -0.39 is 5.82 Å². The molecule has 7 heteroatoms. The lowest BCUT2D eigenvalue weighted by molar-refractivity contribution is 0.0956. The number of fused-ring (bicyclic) bond motifs is 1. The van der Waals surface area contributed by atoms with Gasteiger partial charge in [-0.3, -0.25) is 9.89 Å². The van der Waals surface area contributed by atoms with E-state index in [0.717, 1.165) is 11.1 Å². The predicted octanol–water partition coefficient (Wildman–Crippen LogP) is 5.14. The van der Waals surface area contributed by atoms with Gasteiger partial charge in [0.2, 0.25) is 0 Å². The van der Waals surface area contributed by atoms with Gasteiger partial charge in [-0.15, -0.1) is 0 Å². The number of pyridine rings is 1. The van der Waals surface area contributed by atoms with Crippen LogP contribution in [0, 0.1) is 12.7 Å². The van der Waals surface area contributed by atoms with E-state index >= 15 is 4.39 Å².